The molecular weight excluding hydrogens is 471 g/mol. The lowest BCUT2D eigenvalue weighted by Gasteiger charge is -2.28. The number of halogens is 3. The standard InChI is InChI=1S/C28H28F3NO4/c1-17-7-10-19-11-14-22(26(33)32-24(27(34)35)20-5-3-2-4-6-20)25(23(19)15-17)36-16-18-8-12-21(13-9-18)28(29,30)31/h7-15,20,24H,2-6,16H2,1H3,(H,32,33)(H,34,35). The van der Waals surface area contributed by atoms with E-state index in [0.29, 0.717) is 10.9 Å². The Bertz CT molecular complexity index is 1250. The molecule has 2 N–H and O–H groups in total. The minimum Gasteiger partial charge on any atom is -0.487 e. The summed E-state index contributed by atoms with van der Waals surface area (Å²) in [7, 11) is 0. The number of benzene rings is 3. The van der Waals surface area contributed by atoms with Gasteiger partial charge in [0, 0.05) is 5.39 Å². The number of aryl methyl sites for hydroxylation is 1. The van der Waals surface area contributed by atoms with E-state index in [1.165, 1.54) is 12.1 Å². The number of alkyl halides is 3. The van der Waals surface area contributed by atoms with Crippen molar-refractivity contribution in [1.82, 2.24) is 5.32 Å². The van der Waals surface area contributed by atoms with E-state index in [1.807, 2.05) is 25.1 Å². The van der Waals surface area contributed by atoms with Gasteiger partial charge in [0.15, 0.2) is 0 Å². The number of aliphatic carboxylic acids is 1. The Morgan fingerprint density at radius 3 is 2.33 bits per heavy atom. The van der Waals surface area contributed by atoms with Crippen molar-refractivity contribution < 1.29 is 32.6 Å². The molecule has 8 heteroatoms. The van der Waals surface area contributed by atoms with Crippen molar-refractivity contribution in [3.8, 4) is 5.75 Å². The third-order valence-electron chi connectivity index (χ3n) is 6.71. The third kappa shape index (κ3) is 5.80. The number of amides is 1. The molecule has 0 spiro atoms. The monoisotopic (exact) mass is 499 g/mol. The van der Waals surface area contributed by atoms with Crippen LogP contribution in [0.25, 0.3) is 10.8 Å². The van der Waals surface area contributed by atoms with E-state index >= 15 is 0 Å². The highest BCUT2D eigenvalue weighted by Crippen LogP contribution is 2.33. The van der Waals surface area contributed by atoms with Crippen molar-refractivity contribution >= 4 is 22.6 Å². The normalized spacial score (nSPS) is 15.4. The first-order chi connectivity index (χ1) is 17.1. The van der Waals surface area contributed by atoms with Crippen molar-refractivity contribution in [2.75, 3.05) is 0 Å². The minimum absolute atomic E-state index is 0.0591. The molecule has 0 radical (unpaired) electrons. The van der Waals surface area contributed by atoms with Gasteiger partial charge in [-0.3, -0.25) is 4.79 Å². The van der Waals surface area contributed by atoms with Gasteiger partial charge in [0.05, 0.1) is 11.1 Å². The molecule has 1 atom stereocenters. The van der Waals surface area contributed by atoms with Crippen molar-refractivity contribution in [3.63, 3.8) is 0 Å². The number of carboxylic acids is 1. The van der Waals surface area contributed by atoms with Gasteiger partial charge in [0.1, 0.15) is 18.4 Å². The molecule has 0 heterocycles. The molecule has 5 nitrogen and oxygen atoms in total. The van der Waals surface area contributed by atoms with Gasteiger partial charge in [0.25, 0.3) is 5.91 Å². The molecule has 1 amide bonds. The fraction of sp³-hybridized carbons (Fsp3) is 0.357. The molecule has 0 bridgehead atoms. The van der Waals surface area contributed by atoms with E-state index in [9.17, 15) is 27.9 Å². The Kier molecular flexibility index (Phi) is 7.52. The molecule has 3 aromatic rings. The second-order valence-corrected chi connectivity index (χ2v) is 9.34. The Hall–Kier alpha value is -3.55. The summed E-state index contributed by atoms with van der Waals surface area (Å²) in [5.41, 5.74) is 0.867. The summed E-state index contributed by atoms with van der Waals surface area (Å²) in [6, 6.07) is 12.7. The zero-order chi connectivity index (χ0) is 25.9. The highest BCUT2D eigenvalue weighted by Gasteiger charge is 2.32. The lowest BCUT2D eigenvalue weighted by atomic mass is 9.83. The van der Waals surface area contributed by atoms with Crippen molar-refractivity contribution in [1.29, 1.82) is 0 Å². The number of hydrogen-bond acceptors (Lipinski definition) is 3. The number of hydrogen-bond donors (Lipinski definition) is 2. The third-order valence-corrected chi connectivity index (χ3v) is 6.71. The van der Waals surface area contributed by atoms with Gasteiger partial charge >= 0.3 is 12.1 Å². The molecule has 0 aromatic heterocycles. The van der Waals surface area contributed by atoms with Gasteiger partial charge < -0.3 is 15.2 Å². The van der Waals surface area contributed by atoms with Crippen LogP contribution in [0.4, 0.5) is 13.2 Å². The first-order valence-corrected chi connectivity index (χ1v) is 12.0. The summed E-state index contributed by atoms with van der Waals surface area (Å²) in [6.07, 6.45) is -0.0292. The summed E-state index contributed by atoms with van der Waals surface area (Å²) in [5, 5.41) is 14.0. The van der Waals surface area contributed by atoms with E-state index in [1.54, 1.807) is 12.1 Å². The first kappa shape index (κ1) is 25.5. The zero-order valence-electron chi connectivity index (χ0n) is 19.9. The second kappa shape index (κ2) is 10.6. The van der Waals surface area contributed by atoms with Crippen molar-refractivity contribution in [3.05, 3.63) is 76.9 Å². The van der Waals surface area contributed by atoms with E-state index in [2.05, 4.69) is 5.32 Å². The SMILES string of the molecule is Cc1ccc2ccc(C(=O)NC(C(=O)O)C3CCCCC3)c(OCc3ccc(C(F)(F)F)cc3)c2c1. The van der Waals surface area contributed by atoms with E-state index in [-0.39, 0.29) is 23.8 Å². The highest BCUT2D eigenvalue weighted by atomic mass is 19.4. The van der Waals surface area contributed by atoms with E-state index in [0.717, 1.165) is 55.2 Å². The Balaban J connectivity index is 1.64. The lowest BCUT2D eigenvalue weighted by molar-refractivity contribution is -0.141. The molecule has 1 aliphatic rings. The summed E-state index contributed by atoms with van der Waals surface area (Å²) in [6.45, 7) is 1.84. The summed E-state index contributed by atoms with van der Waals surface area (Å²) < 4.78 is 44.7. The number of carbonyl (C=O) groups is 2. The fourth-order valence-electron chi connectivity index (χ4n) is 4.75. The predicted octanol–water partition coefficient (Wildman–Crippen LogP) is 6.51. The van der Waals surface area contributed by atoms with Crippen LogP contribution < -0.4 is 10.1 Å². The summed E-state index contributed by atoms with van der Waals surface area (Å²) >= 11 is 0. The molecule has 0 saturated heterocycles. The smallest absolute Gasteiger partial charge is 0.416 e. The predicted molar refractivity (Wildman–Crippen MR) is 130 cm³/mol. The summed E-state index contributed by atoms with van der Waals surface area (Å²) in [5.74, 6) is -1.50. The minimum atomic E-state index is -4.43. The molecule has 1 unspecified atom stereocenters. The van der Waals surface area contributed by atoms with Crippen LogP contribution in [0.5, 0.6) is 5.75 Å². The molecule has 3 aromatic carbocycles. The quantitative estimate of drug-likeness (QED) is 0.389. The lowest BCUT2D eigenvalue weighted by Crippen LogP contribution is -2.46. The first-order valence-electron chi connectivity index (χ1n) is 12.0. The Labute approximate surface area is 207 Å². The van der Waals surface area contributed by atoms with E-state index in [4.69, 9.17) is 4.74 Å². The number of nitrogens with one attached hydrogen (secondary N) is 1. The van der Waals surface area contributed by atoms with Crippen LogP contribution in [0.1, 0.15) is 59.2 Å². The summed E-state index contributed by atoms with van der Waals surface area (Å²) in [4.78, 5) is 25.3. The van der Waals surface area contributed by atoms with Crippen LogP contribution in [0.3, 0.4) is 0 Å². The van der Waals surface area contributed by atoms with Gasteiger partial charge in [0.2, 0.25) is 0 Å². The number of rotatable bonds is 7. The Morgan fingerprint density at radius 2 is 1.69 bits per heavy atom. The van der Waals surface area contributed by atoms with Crippen LogP contribution in [-0.4, -0.2) is 23.0 Å². The molecule has 4 rings (SSSR count). The largest absolute Gasteiger partial charge is 0.487 e. The number of carbonyl (C=O) groups excluding carboxylic acids is 1. The van der Waals surface area contributed by atoms with E-state index < -0.39 is 29.7 Å². The second-order valence-electron chi connectivity index (χ2n) is 9.34. The van der Waals surface area contributed by atoms with Crippen LogP contribution in [0.2, 0.25) is 0 Å². The van der Waals surface area contributed by atoms with Crippen LogP contribution >= 0.6 is 0 Å². The molecule has 0 aliphatic heterocycles. The topological polar surface area (TPSA) is 75.6 Å². The van der Waals surface area contributed by atoms with Gasteiger partial charge in [-0.25, -0.2) is 4.79 Å². The van der Waals surface area contributed by atoms with Crippen molar-refractivity contribution in [2.45, 2.75) is 57.9 Å². The van der Waals surface area contributed by atoms with Crippen LogP contribution in [-0.2, 0) is 17.6 Å². The fourth-order valence-corrected chi connectivity index (χ4v) is 4.75. The maximum Gasteiger partial charge on any atom is 0.416 e. The molecule has 36 heavy (non-hydrogen) atoms. The molecular formula is C28H28F3NO4. The zero-order valence-corrected chi connectivity index (χ0v) is 19.9. The van der Waals surface area contributed by atoms with Gasteiger partial charge in [-0.1, -0.05) is 55.2 Å². The molecule has 1 aliphatic carbocycles. The number of carboxylic acid groups (broad SMARTS) is 1. The number of ether oxygens (including phenoxy) is 1. The average molecular weight is 500 g/mol. The highest BCUT2D eigenvalue weighted by molar-refractivity contribution is 6.05. The van der Waals surface area contributed by atoms with Gasteiger partial charge in [-0.05, 0) is 60.9 Å². The van der Waals surface area contributed by atoms with Crippen LogP contribution in [0.15, 0.2) is 54.6 Å². The Morgan fingerprint density at radius 1 is 1.03 bits per heavy atom. The molecule has 1 fully saturated rings. The van der Waals surface area contributed by atoms with Crippen LogP contribution in [0, 0.1) is 12.8 Å². The van der Waals surface area contributed by atoms with Gasteiger partial charge in [-0.15, -0.1) is 0 Å². The molecule has 190 valence electrons. The number of fused-ring (bicyclic) bond motifs is 1. The van der Waals surface area contributed by atoms with Gasteiger partial charge in [-0.2, -0.15) is 13.2 Å². The average Bonchev–Trinajstić information content (AvgIpc) is 2.85. The van der Waals surface area contributed by atoms with Crippen molar-refractivity contribution in [2.24, 2.45) is 5.92 Å². The molecule has 1 saturated carbocycles. The maximum atomic E-state index is 13.3. The maximum absolute atomic E-state index is 13.3.